The Morgan fingerprint density at radius 3 is 2.33 bits per heavy atom. The van der Waals surface area contributed by atoms with E-state index in [9.17, 15) is 4.79 Å². The smallest absolute Gasteiger partial charge is 0.348 e. The molecule has 4 heterocycles. The second-order valence-corrected chi connectivity index (χ2v) is 12.0. The molecule has 9 heteroatoms. The summed E-state index contributed by atoms with van der Waals surface area (Å²) in [4.78, 5) is 19.8. The van der Waals surface area contributed by atoms with Gasteiger partial charge in [-0.05, 0) is 42.0 Å². The van der Waals surface area contributed by atoms with E-state index < -0.39 is 6.23 Å². The van der Waals surface area contributed by atoms with Gasteiger partial charge in [-0.3, -0.25) is 10.3 Å². The fourth-order valence-corrected chi connectivity index (χ4v) is 6.50. The van der Waals surface area contributed by atoms with Gasteiger partial charge in [0.1, 0.15) is 17.7 Å². The summed E-state index contributed by atoms with van der Waals surface area (Å²) in [5, 5.41) is 12.2. The van der Waals surface area contributed by atoms with Gasteiger partial charge in [-0.2, -0.15) is 0 Å². The van der Waals surface area contributed by atoms with Crippen LogP contribution in [0.3, 0.4) is 0 Å². The van der Waals surface area contributed by atoms with E-state index >= 15 is 0 Å². The zero-order chi connectivity index (χ0) is 29.9. The van der Waals surface area contributed by atoms with Crippen LogP contribution in [-0.2, 0) is 28.9 Å². The van der Waals surface area contributed by atoms with Gasteiger partial charge in [0, 0.05) is 30.0 Å². The van der Waals surface area contributed by atoms with Gasteiger partial charge in [0.2, 0.25) is 11.8 Å². The van der Waals surface area contributed by atoms with E-state index in [2.05, 4.69) is 41.5 Å². The lowest BCUT2D eigenvalue weighted by atomic mass is 9.91. The molecule has 220 valence electrons. The lowest BCUT2D eigenvalue weighted by Gasteiger charge is -2.19. The highest BCUT2D eigenvalue weighted by Crippen LogP contribution is 2.48. The van der Waals surface area contributed by atoms with Crippen LogP contribution >= 0.6 is 11.3 Å². The third-order valence-electron chi connectivity index (χ3n) is 7.63. The Hall–Kier alpha value is -4.18. The molecule has 0 spiro atoms. The number of methoxy groups -OCH3 is 1. The largest absolute Gasteiger partial charge is 0.457 e. The van der Waals surface area contributed by atoms with Crippen molar-refractivity contribution in [3.63, 3.8) is 0 Å². The van der Waals surface area contributed by atoms with Gasteiger partial charge >= 0.3 is 5.97 Å². The SMILES string of the molecule is COC1N[C@@H](C(C)C)c2nc(CCc3ccccc3)c(-c3nnc(C)o3)c(-c3ccc(C(=O)OCc4ccccc4)s3)c21. The summed E-state index contributed by atoms with van der Waals surface area (Å²) < 4.78 is 17.7. The van der Waals surface area contributed by atoms with Gasteiger partial charge in [-0.1, -0.05) is 74.5 Å². The van der Waals surface area contributed by atoms with Crippen LogP contribution in [0.25, 0.3) is 21.9 Å². The van der Waals surface area contributed by atoms with Crippen molar-refractivity contribution in [3.8, 4) is 21.9 Å². The summed E-state index contributed by atoms with van der Waals surface area (Å²) in [6.45, 7) is 6.33. The first kappa shape index (κ1) is 28.9. The van der Waals surface area contributed by atoms with E-state index in [1.54, 1.807) is 14.0 Å². The normalized spacial score (nSPS) is 16.0. The molecule has 8 nitrogen and oxygen atoms in total. The average Bonchev–Trinajstić information content (AvgIpc) is 3.77. The Morgan fingerprint density at radius 2 is 1.67 bits per heavy atom. The number of benzene rings is 2. The lowest BCUT2D eigenvalue weighted by Crippen LogP contribution is -2.23. The number of hydrogen-bond donors (Lipinski definition) is 1. The maximum Gasteiger partial charge on any atom is 0.348 e. The zero-order valence-corrected chi connectivity index (χ0v) is 25.5. The van der Waals surface area contributed by atoms with Crippen molar-refractivity contribution in [3.05, 3.63) is 112 Å². The number of thiophene rings is 1. The van der Waals surface area contributed by atoms with Gasteiger partial charge < -0.3 is 13.9 Å². The summed E-state index contributed by atoms with van der Waals surface area (Å²) in [6.07, 6.45) is 1.06. The van der Waals surface area contributed by atoms with E-state index in [1.807, 2.05) is 60.7 Å². The van der Waals surface area contributed by atoms with Crippen molar-refractivity contribution in [2.45, 2.75) is 52.5 Å². The third-order valence-corrected chi connectivity index (χ3v) is 8.71. The highest BCUT2D eigenvalue weighted by Gasteiger charge is 2.39. The molecule has 0 saturated carbocycles. The van der Waals surface area contributed by atoms with Crippen molar-refractivity contribution in [1.29, 1.82) is 0 Å². The van der Waals surface area contributed by atoms with E-state index in [0.29, 0.717) is 23.1 Å². The van der Waals surface area contributed by atoms with Crippen LogP contribution in [0.15, 0.2) is 77.2 Å². The molecule has 0 aliphatic carbocycles. The molecule has 43 heavy (non-hydrogen) atoms. The molecule has 0 amide bonds. The van der Waals surface area contributed by atoms with Crippen molar-refractivity contribution < 1.29 is 18.7 Å². The Labute approximate surface area is 255 Å². The molecule has 0 bridgehead atoms. The fraction of sp³-hybridized carbons (Fsp3) is 0.294. The first-order chi connectivity index (χ1) is 20.9. The van der Waals surface area contributed by atoms with Crippen LogP contribution in [0, 0.1) is 12.8 Å². The molecule has 1 unspecified atom stereocenters. The number of nitrogens with one attached hydrogen (secondary N) is 1. The summed E-state index contributed by atoms with van der Waals surface area (Å²) in [6, 6.07) is 23.8. The maximum atomic E-state index is 13.1. The average molecular weight is 595 g/mol. The van der Waals surface area contributed by atoms with Gasteiger partial charge in [0.05, 0.1) is 23.0 Å². The highest BCUT2D eigenvalue weighted by atomic mass is 32.1. The monoisotopic (exact) mass is 594 g/mol. The molecule has 5 aromatic rings. The molecule has 2 atom stereocenters. The molecule has 0 radical (unpaired) electrons. The number of carbonyl (C=O) groups excluding carboxylic acids is 1. The van der Waals surface area contributed by atoms with Crippen LogP contribution in [0.1, 0.15) is 69.8 Å². The minimum Gasteiger partial charge on any atom is -0.457 e. The minimum atomic E-state index is -0.397. The van der Waals surface area contributed by atoms with Gasteiger partial charge in [0.25, 0.3) is 0 Å². The molecular weight excluding hydrogens is 560 g/mol. The minimum absolute atomic E-state index is 0.0112. The Balaban J connectivity index is 1.48. The lowest BCUT2D eigenvalue weighted by molar-refractivity contribution is 0.0478. The zero-order valence-electron chi connectivity index (χ0n) is 24.7. The van der Waals surface area contributed by atoms with Crippen LogP contribution in [0.5, 0.6) is 0 Å². The predicted octanol–water partition coefficient (Wildman–Crippen LogP) is 7.26. The summed E-state index contributed by atoms with van der Waals surface area (Å²) in [5.41, 5.74) is 6.56. The predicted molar refractivity (Wildman–Crippen MR) is 165 cm³/mol. The number of esters is 1. The molecule has 1 aliphatic heterocycles. The Bertz CT molecular complexity index is 1720. The number of ether oxygens (including phenoxy) is 2. The second kappa shape index (κ2) is 12.6. The molecule has 0 fully saturated rings. The number of fused-ring (bicyclic) bond motifs is 1. The van der Waals surface area contributed by atoms with E-state index in [1.165, 1.54) is 16.9 Å². The van der Waals surface area contributed by atoms with Gasteiger partial charge in [-0.25, -0.2) is 4.79 Å². The van der Waals surface area contributed by atoms with E-state index in [-0.39, 0.29) is 24.5 Å². The number of aryl methyl sites for hydroxylation is 3. The molecule has 2 aromatic carbocycles. The van der Waals surface area contributed by atoms with Crippen LogP contribution in [0.2, 0.25) is 0 Å². The van der Waals surface area contributed by atoms with Crippen molar-refractivity contribution in [2.24, 2.45) is 5.92 Å². The van der Waals surface area contributed by atoms with Crippen molar-refractivity contribution in [1.82, 2.24) is 20.5 Å². The van der Waals surface area contributed by atoms with Gasteiger partial charge in [0.15, 0.2) is 0 Å². The first-order valence-corrected chi connectivity index (χ1v) is 15.3. The summed E-state index contributed by atoms with van der Waals surface area (Å²) >= 11 is 1.38. The molecule has 1 aliphatic rings. The number of rotatable bonds is 10. The van der Waals surface area contributed by atoms with E-state index in [0.717, 1.165) is 44.9 Å². The van der Waals surface area contributed by atoms with Crippen LogP contribution in [-0.4, -0.2) is 28.3 Å². The number of pyridine rings is 1. The van der Waals surface area contributed by atoms with Gasteiger partial charge in [-0.15, -0.1) is 21.5 Å². The second-order valence-electron chi connectivity index (χ2n) is 10.9. The summed E-state index contributed by atoms with van der Waals surface area (Å²) in [5.74, 6) is 0.764. The highest BCUT2D eigenvalue weighted by molar-refractivity contribution is 7.17. The van der Waals surface area contributed by atoms with Crippen LogP contribution in [0.4, 0.5) is 0 Å². The molecule has 0 saturated heterocycles. The summed E-state index contributed by atoms with van der Waals surface area (Å²) in [7, 11) is 1.69. The molecule has 6 rings (SSSR count). The first-order valence-electron chi connectivity index (χ1n) is 14.4. The van der Waals surface area contributed by atoms with E-state index in [4.69, 9.17) is 18.9 Å². The Kier molecular flexibility index (Phi) is 8.47. The number of aromatic nitrogens is 3. The topological polar surface area (TPSA) is 99.4 Å². The van der Waals surface area contributed by atoms with Crippen molar-refractivity contribution in [2.75, 3.05) is 7.11 Å². The Morgan fingerprint density at radius 1 is 0.953 bits per heavy atom. The molecule has 3 aromatic heterocycles. The molecule has 1 N–H and O–H groups in total. The van der Waals surface area contributed by atoms with Crippen LogP contribution < -0.4 is 5.32 Å². The van der Waals surface area contributed by atoms with Crippen molar-refractivity contribution >= 4 is 17.3 Å². The number of hydrogen-bond acceptors (Lipinski definition) is 9. The quantitative estimate of drug-likeness (QED) is 0.169. The third kappa shape index (κ3) is 6.01. The fourth-order valence-electron chi connectivity index (χ4n) is 5.54. The number of carbonyl (C=O) groups is 1. The standard InChI is InChI=1S/C34H34N4O4S/c1-20(2)30-31-29(32(36-30)40-4)28(25-17-18-26(43-25)34(39)41-19-23-13-9-6-10-14-23)27(33-38-37-21(3)42-33)24(35-31)16-15-22-11-7-5-8-12-22/h5-14,17-18,20,30,32,36H,15-16,19H2,1-4H3/t30-,32?/m0/s1. The molecular formula is C34H34N4O4S. The number of nitrogens with zero attached hydrogens (tertiary/aromatic N) is 3. The maximum absolute atomic E-state index is 13.1.